The Kier molecular flexibility index (Phi) is 7.66. The number of benzene rings is 2. The van der Waals surface area contributed by atoms with Crippen molar-refractivity contribution in [1.82, 2.24) is 19.0 Å². The van der Waals surface area contributed by atoms with Crippen LogP contribution in [0.4, 0.5) is 5.69 Å². The fraction of sp³-hybridized carbons (Fsp3) is 0.360. The highest BCUT2D eigenvalue weighted by molar-refractivity contribution is 7.89. The van der Waals surface area contributed by atoms with Gasteiger partial charge in [0.25, 0.3) is 0 Å². The highest BCUT2D eigenvalue weighted by atomic mass is 32.2. The number of nitrogens with zero attached hydrogens (tertiary/aromatic N) is 4. The molecule has 2 aromatic carbocycles. The number of nitrogens with one attached hydrogen (secondary N) is 1. The molecule has 9 nitrogen and oxygen atoms in total. The number of aryl methyl sites for hydroxylation is 1. The molecule has 0 bridgehead atoms. The van der Waals surface area contributed by atoms with Crippen molar-refractivity contribution in [2.45, 2.75) is 31.3 Å². The van der Waals surface area contributed by atoms with Gasteiger partial charge in [0.05, 0.1) is 36.0 Å². The van der Waals surface area contributed by atoms with Crippen molar-refractivity contribution in [3.63, 3.8) is 0 Å². The van der Waals surface area contributed by atoms with Crippen molar-refractivity contribution in [3.8, 4) is 5.69 Å². The van der Waals surface area contributed by atoms with E-state index in [0.717, 1.165) is 11.3 Å². The molecule has 1 amide bonds. The molecule has 4 rings (SSSR count). The number of amides is 1. The third-order valence-electron chi connectivity index (χ3n) is 6.17. The topological polar surface area (TPSA) is 96.8 Å². The molecule has 1 aromatic heterocycles. The van der Waals surface area contributed by atoms with Crippen molar-refractivity contribution < 1.29 is 17.9 Å². The van der Waals surface area contributed by atoms with Crippen LogP contribution in [0.15, 0.2) is 65.8 Å². The first-order valence-corrected chi connectivity index (χ1v) is 13.0. The number of rotatable bonds is 8. The van der Waals surface area contributed by atoms with Gasteiger partial charge in [-0.2, -0.15) is 9.40 Å². The number of hydrogen-bond acceptors (Lipinski definition) is 6. The van der Waals surface area contributed by atoms with E-state index in [0.29, 0.717) is 44.1 Å². The molecule has 0 spiro atoms. The average molecular weight is 498 g/mol. The number of para-hydroxylation sites is 1. The number of sulfonamides is 1. The molecule has 1 saturated heterocycles. The minimum Gasteiger partial charge on any atom is -0.379 e. The molecule has 1 aliphatic heterocycles. The predicted molar refractivity (Wildman–Crippen MR) is 134 cm³/mol. The van der Waals surface area contributed by atoms with Gasteiger partial charge in [-0.3, -0.25) is 9.69 Å². The number of aromatic nitrogens is 2. The van der Waals surface area contributed by atoms with E-state index in [1.54, 1.807) is 29.9 Å². The van der Waals surface area contributed by atoms with Crippen molar-refractivity contribution in [2.24, 2.45) is 0 Å². The fourth-order valence-corrected chi connectivity index (χ4v) is 5.58. The summed E-state index contributed by atoms with van der Waals surface area (Å²) >= 11 is 0. The van der Waals surface area contributed by atoms with E-state index in [9.17, 15) is 13.2 Å². The first-order valence-electron chi connectivity index (χ1n) is 11.5. The summed E-state index contributed by atoms with van der Waals surface area (Å²) in [7, 11) is -1.80. The molecule has 35 heavy (non-hydrogen) atoms. The number of morpholine rings is 1. The van der Waals surface area contributed by atoms with Crippen molar-refractivity contribution in [3.05, 3.63) is 72.1 Å². The number of carbonyl (C=O) groups is 1. The van der Waals surface area contributed by atoms with Crippen molar-refractivity contribution in [2.75, 3.05) is 38.7 Å². The molecular weight excluding hydrogens is 466 g/mol. The van der Waals surface area contributed by atoms with Crippen LogP contribution in [0.25, 0.3) is 5.69 Å². The van der Waals surface area contributed by atoms with Gasteiger partial charge in [-0.05, 0) is 50.7 Å². The number of hydrogen-bond donors (Lipinski definition) is 1. The van der Waals surface area contributed by atoms with Gasteiger partial charge < -0.3 is 10.1 Å². The first kappa shape index (κ1) is 25.1. The molecule has 0 saturated carbocycles. The highest BCUT2D eigenvalue weighted by Gasteiger charge is 2.28. The number of anilines is 1. The zero-order chi connectivity index (χ0) is 25.0. The van der Waals surface area contributed by atoms with Crippen LogP contribution in [0.1, 0.15) is 18.1 Å². The minimum absolute atomic E-state index is 0.200. The van der Waals surface area contributed by atoms with E-state index in [1.807, 2.05) is 55.4 Å². The zero-order valence-electron chi connectivity index (χ0n) is 20.2. The molecule has 0 aliphatic carbocycles. The SMILES string of the molecule is Cc1ccc(NC(=O)C(C)N(C)Cc2cnn(-c3ccccc3)c2)cc1S(=O)(=O)N1CCOCC1. The number of likely N-dealkylation sites (N-methyl/N-ethyl adjacent to an activating group) is 1. The zero-order valence-corrected chi connectivity index (χ0v) is 21.0. The van der Waals surface area contributed by atoms with E-state index >= 15 is 0 Å². The Balaban J connectivity index is 1.42. The fourth-order valence-electron chi connectivity index (χ4n) is 3.92. The van der Waals surface area contributed by atoms with Crippen LogP contribution in [-0.4, -0.2) is 72.7 Å². The summed E-state index contributed by atoms with van der Waals surface area (Å²) in [6, 6.07) is 14.4. The summed E-state index contributed by atoms with van der Waals surface area (Å²) < 4.78 is 34.8. The average Bonchev–Trinajstić information content (AvgIpc) is 3.34. The van der Waals surface area contributed by atoms with E-state index < -0.39 is 16.1 Å². The second-order valence-electron chi connectivity index (χ2n) is 8.71. The van der Waals surface area contributed by atoms with Gasteiger partial charge in [-0.1, -0.05) is 24.3 Å². The van der Waals surface area contributed by atoms with Gasteiger partial charge in [-0.15, -0.1) is 0 Å². The van der Waals surface area contributed by atoms with Gasteiger partial charge in [0.2, 0.25) is 15.9 Å². The summed E-state index contributed by atoms with van der Waals surface area (Å²) in [5, 5.41) is 7.28. The quantitative estimate of drug-likeness (QED) is 0.514. The Hall–Kier alpha value is -3.05. The molecule has 2 heterocycles. The van der Waals surface area contributed by atoms with Gasteiger partial charge >= 0.3 is 0 Å². The molecule has 3 aromatic rings. The maximum atomic E-state index is 13.1. The molecule has 1 unspecified atom stereocenters. The van der Waals surface area contributed by atoms with Crippen LogP contribution >= 0.6 is 0 Å². The van der Waals surface area contributed by atoms with Crippen LogP contribution in [0, 0.1) is 6.92 Å². The van der Waals surface area contributed by atoms with E-state index in [4.69, 9.17) is 4.74 Å². The van der Waals surface area contributed by atoms with Crippen LogP contribution in [0.3, 0.4) is 0 Å². The number of ether oxygens (including phenoxy) is 1. The van der Waals surface area contributed by atoms with Crippen LogP contribution in [0.2, 0.25) is 0 Å². The molecule has 10 heteroatoms. The van der Waals surface area contributed by atoms with E-state index in [-0.39, 0.29) is 10.8 Å². The van der Waals surface area contributed by atoms with Crippen LogP contribution in [0.5, 0.6) is 0 Å². The molecular formula is C25H31N5O4S. The summed E-state index contributed by atoms with van der Waals surface area (Å²) in [6.07, 6.45) is 3.73. The molecule has 186 valence electrons. The smallest absolute Gasteiger partial charge is 0.243 e. The molecule has 0 radical (unpaired) electrons. The van der Waals surface area contributed by atoms with E-state index in [2.05, 4.69) is 10.4 Å². The van der Waals surface area contributed by atoms with Crippen molar-refractivity contribution in [1.29, 1.82) is 0 Å². The monoisotopic (exact) mass is 497 g/mol. The molecule has 1 aliphatic rings. The Bertz CT molecular complexity index is 1270. The van der Waals surface area contributed by atoms with Crippen molar-refractivity contribution >= 4 is 21.6 Å². The Morgan fingerprint density at radius 3 is 2.60 bits per heavy atom. The lowest BCUT2D eigenvalue weighted by Gasteiger charge is -2.27. The Morgan fingerprint density at radius 1 is 1.17 bits per heavy atom. The van der Waals surface area contributed by atoms with Gasteiger partial charge in [0, 0.05) is 37.1 Å². The second kappa shape index (κ2) is 10.7. The van der Waals surface area contributed by atoms with Crippen LogP contribution in [-0.2, 0) is 26.1 Å². The summed E-state index contributed by atoms with van der Waals surface area (Å²) in [6.45, 7) is 5.50. The Labute approximate surface area is 206 Å². The number of carbonyl (C=O) groups excluding carboxylic acids is 1. The van der Waals surface area contributed by atoms with Gasteiger partial charge in [0.15, 0.2) is 0 Å². The lowest BCUT2D eigenvalue weighted by molar-refractivity contribution is -0.120. The lowest BCUT2D eigenvalue weighted by atomic mass is 10.2. The molecule has 1 fully saturated rings. The normalized spacial score (nSPS) is 15.8. The van der Waals surface area contributed by atoms with Gasteiger partial charge in [-0.25, -0.2) is 13.1 Å². The molecule has 1 atom stereocenters. The Morgan fingerprint density at radius 2 is 1.89 bits per heavy atom. The lowest BCUT2D eigenvalue weighted by Crippen LogP contribution is -2.41. The van der Waals surface area contributed by atoms with E-state index in [1.165, 1.54) is 10.4 Å². The summed E-state index contributed by atoms with van der Waals surface area (Å²) in [5.41, 5.74) is 3.03. The van der Waals surface area contributed by atoms with Crippen LogP contribution < -0.4 is 5.32 Å². The highest BCUT2D eigenvalue weighted by Crippen LogP contribution is 2.24. The largest absolute Gasteiger partial charge is 0.379 e. The minimum atomic E-state index is -3.67. The predicted octanol–water partition coefficient (Wildman–Crippen LogP) is 2.66. The standard InChI is InChI=1S/C25H31N5O4S/c1-19-9-10-22(15-24(19)35(32,33)29-11-13-34-14-12-29)27-25(31)20(2)28(3)17-21-16-26-30(18-21)23-7-5-4-6-8-23/h4-10,15-16,18,20H,11-14,17H2,1-3H3,(H,27,31). The summed E-state index contributed by atoms with van der Waals surface area (Å²) in [4.78, 5) is 15.1. The third kappa shape index (κ3) is 5.79. The third-order valence-corrected chi connectivity index (χ3v) is 8.21. The second-order valence-corrected chi connectivity index (χ2v) is 10.6. The first-order chi connectivity index (χ1) is 16.8. The maximum Gasteiger partial charge on any atom is 0.243 e. The summed E-state index contributed by atoms with van der Waals surface area (Å²) in [5.74, 6) is -0.221. The van der Waals surface area contributed by atoms with Gasteiger partial charge in [0.1, 0.15) is 0 Å². The maximum absolute atomic E-state index is 13.1. The molecule has 1 N–H and O–H groups in total.